The van der Waals surface area contributed by atoms with E-state index in [2.05, 4.69) is 14.7 Å². The van der Waals surface area contributed by atoms with Crippen molar-refractivity contribution in [2.45, 2.75) is 0 Å². The van der Waals surface area contributed by atoms with Gasteiger partial charge in [-0.05, 0) is 23.8 Å². The van der Waals surface area contributed by atoms with Crippen molar-refractivity contribution in [3.8, 4) is 16.9 Å². The number of benzene rings is 1. The molecule has 10 heteroatoms. The summed E-state index contributed by atoms with van der Waals surface area (Å²) < 4.78 is 15.3. The molecule has 0 fully saturated rings. The zero-order valence-electron chi connectivity index (χ0n) is 13.5. The number of nitrogens with two attached hydrogens (primary N) is 1. The van der Waals surface area contributed by atoms with Gasteiger partial charge in [0, 0.05) is 18.0 Å². The molecule has 0 aliphatic carbocycles. The molecule has 0 aliphatic heterocycles. The lowest BCUT2D eigenvalue weighted by Crippen LogP contribution is -2.35. The first kappa shape index (κ1) is 19.1. The highest BCUT2D eigenvalue weighted by molar-refractivity contribution is 7.76. The largest absolute Gasteiger partial charge is 0.508 e. The maximum absolute atomic E-state index is 12.1. The van der Waals surface area contributed by atoms with Crippen LogP contribution in [-0.4, -0.2) is 44.3 Å². The molecule has 1 aromatic heterocycles. The quantitative estimate of drug-likeness (QED) is 0.515. The van der Waals surface area contributed by atoms with E-state index in [9.17, 15) is 23.7 Å². The van der Waals surface area contributed by atoms with E-state index in [-0.39, 0.29) is 17.9 Å². The highest BCUT2D eigenvalue weighted by atomic mass is 32.2. The standard InChI is InChI=1S/C16H16N4O5S/c17-14(22)8-19-15(23)9-26(25)20-16(24)12-4-11(6-18-7-12)10-2-1-3-13(21)5-10/h1-7,21,26H,8-9H2,(H2,17,22)(H,19,23). The third kappa shape index (κ3) is 5.67. The topological polar surface area (TPSA) is 152 Å². The molecule has 136 valence electrons. The summed E-state index contributed by atoms with van der Waals surface area (Å²) in [5, 5.41) is 11.7. The molecule has 1 aromatic carbocycles. The number of aromatic nitrogens is 1. The minimum atomic E-state index is -2.49. The van der Waals surface area contributed by atoms with E-state index >= 15 is 0 Å². The van der Waals surface area contributed by atoms with Crippen molar-refractivity contribution < 1.29 is 23.7 Å². The molecule has 2 aromatic rings. The average Bonchev–Trinajstić information content (AvgIpc) is 2.60. The second-order valence-corrected chi connectivity index (χ2v) is 6.39. The third-order valence-corrected chi connectivity index (χ3v) is 4.07. The van der Waals surface area contributed by atoms with Crippen LogP contribution in [0.25, 0.3) is 11.1 Å². The molecule has 26 heavy (non-hydrogen) atoms. The normalized spacial score (nSPS) is 11.7. The van der Waals surface area contributed by atoms with Crippen molar-refractivity contribution in [2.24, 2.45) is 10.1 Å². The molecule has 0 saturated heterocycles. The van der Waals surface area contributed by atoms with E-state index in [0.29, 0.717) is 11.1 Å². The van der Waals surface area contributed by atoms with Crippen LogP contribution in [0.5, 0.6) is 5.75 Å². The Bertz CT molecular complexity index is 938. The number of hydrogen-bond acceptors (Lipinski definition) is 6. The Kier molecular flexibility index (Phi) is 6.39. The number of carbonyl (C=O) groups excluding carboxylic acids is 3. The molecule has 4 N–H and O–H groups in total. The Morgan fingerprint density at radius 2 is 1.96 bits per heavy atom. The van der Waals surface area contributed by atoms with Crippen molar-refractivity contribution in [1.29, 1.82) is 0 Å². The molecule has 0 spiro atoms. The number of amides is 3. The molecular formula is C16H16N4O5S. The number of aromatic hydroxyl groups is 1. The van der Waals surface area contributed by atoms with Crippen molar-refractivity contribution in [3.05, 3.63) is 48.3 Å². The lowest BCUT2D eigenvalue weighted by atomic mass is 10.1. The first-order chi connectivity index (χ1) is 12.3. The van der Waals surface area contributed by atoms with Gasteiger partial charge in [0.2, 0.25) is 11.8 Å². The summed E-state index contributed by atoms with van der Waals surface area (Å²) in [7, 11) is -2.49. The maximum atomic E-state index is 12.1. The van der Waals surface area contributed by atoms with Crippen LogP contribution in [0.3, 0.4) is 0 Å². The number of nitrogens with zero attached hydrogens (tertiary/aromatic N) is 2. The van der Waals surface area contributed by atoms with Crippen molar-refractivity contribution in [2.75, 3.05) is 12.3 Å². The van der Waals surface area contributed by atoms with E-state index in [4.69, 9.17) is 5.73 Å². The van der Waals surface area contributed by atoms with Gasteiger partial charge in [0.15, 0.2) is 0 Å². The summed E-state index contributed by atoms with van der Waals surface area (Å²) in [6, 6.07) is 7.88. The molecule has 1 atom stereocenters. The third-order valence-electron chi connectivity index (χ3n) is 3.11. The number of carbonyl (C=O) groups is 3. The Morgan fingerprint density at radius 1 is 1.19 bits per heavy atom. The van der Waals surface area contributed by atoms with Gasteiger partial charge in [-0.2, -0.15) is 4.36 Å². The fourth-order valence-corrected chi connectivity index (χ4v) is 2.71. The number of nitrogens with one attached hydrogen (secondary N) is 1. The number of phenolic OH excluding ortho intramolecular Hbond substituents is 1. The summed E-state index contributed by atoms with van der Waals surface area (Å²) in [6.07, 6.45) is 2.76. The van der Waals surface area contributed by atoms with Gasteiger partial charge in [-0.25, -0.2) is 0 Å². The first-order valence-electron chi connectivity index (χ1n) is 7.35. The Labute approximate surface area is 150 Å². The Balaban J connectivity index is 2.12. The van der Waals surface area contributed by atoms with E-state index in [0.717, 1.165) is 0 Å². The van der Waals surface area contributed by atoms with E-state index < -0.39 is 34.1 Å². The summed E-state index contributed by atoms with van der Waals surface area (Å²) in [5.74, 6) is -2.70. The SMILES string of the molecule is NC(=O)CNC(=O)C/[SH](=O)=N/C(=O)c1cncc(-c2cccc(O)c2)c1. The number of pyridine rings is 1. The van der Waals surface area contributed by atoms with Crippen LogP contribution in [0.15, 0.2) is 47.1 Å². The van der Waals surface area contributed by atoms with Gasteiger partial charge in [-0.15, -0.1) is 0 Å². The van der Waals surface area contributed by atoms with Gasteiger partial charge in [-0.3, -0.25) is 23.6 Å². The van der Waals surface area contributed by atoms with Crippen LogP contribution >= 0.6 is 0 Å². The average molecular weight is 376 g/mol. The predicted molar refractivity (Wildman–Crippen MR) is 94.7 cm³/mol. The van der Waals surface area contributed by atoms with Crippen LogP contribution in [0.4, 0.5) is 0 Å². The zero-order valence-corrected chi connectivity index (χ0v) is 14.3. The van der Waals surface area contributed by atoms with Gasteiger partial charge in [0.1, 0.15) is 11.5 Å². The Hall–Kier alpha value is -3.27. The molecule has 0 radical (unpaired) electrons. The van der Waals surface area contributed by atoms with Crippen LogP contribution in [0.1, 0.15) is 10.4 Å². The molecule has 3 amide bonds. The van der Waals surface area contributed by atoms with Gasteiger partial charge < -0.3 is 16.2 Å². The monoisotopic (exact) mass is 376 g/mol. The minimum absolute atomic E-state index is 0.0639. The number of rotatable bonds is 6. The summed E-state index contributed by atoms with van der Waals surface area (Å²) >= 11 is 0. The molecule has 9 nitrogen and oxygen atoms in total. The molecule has 0 saturated carbocycles. The van der Waals surface area contributed by atoms with Gasteiger partial charge in [0.05, 0.1) is 22.7 Å². The lowest BCUT2D eigenvalue weighted by Gasteiger charge is -2.03. The predicted octanol–water partition coefficient (Wildman–Crippen LogP) is -0.139. The number of hydrogen-bond donors (Lipinski definition) is 4. The molecule has 1 unspecified atom stereocenters. The fraction of sp³-hybridized carbons (Fsp3) is 0.125. The van der Waals surface area contributed by atoms with Crippen molar-refractivity contribution >= 4 is 28.3 Å². The summed E-state index contributed by atoms with van der Waals surface area (Å²) in [5.41, 5.74) is 6.17. The minimum Gasteiger partial charge on any atom is -0.508 e. The number of phenols is 1. The van der Waals surface area contributed by atoms with Crippen LogP contribution in [-0.2, 0) is 20.2 Å². The highest BCUT2D eigenvalue weighted by Crippen LogP contribution is 2.23. The lowest BCUT2D eigenvalue weighted by molar-refractivity contribution is -0.123. The smallest absolute Gasteiger partial charge is 0.286 e. The van der Waals surface area contributed by atoms with E-state index in [1.54, 1.807) is 12.1 Å². The Morgan fingerprint density at radius 3 is 2.65 bits per heavy atom. The van der Waals surface area contributed by atoms with Crippen LogP contribution in [0, 0.1) is 0 Å². The van der Waals surface area contributed by atoms with Crippen LogP contribution < -0.4 is 11.1 Å². The van der Waals surface area contributed by atoms with E-state index in [1.807, 2.05) is 0 Å². The first-order valence-corrected chi connectivity index (χ1v) is 8.75. The van der Waals surface area contributed by atoms with Gasteiger partial charge in [0.25, 0.3) is 5.91 Å². The van der Waals surface area contributed by atoms with Gasteiger partial charge >= 0.3 is 0 Å². The number of primary amides is 1. The van der Waals surface area contributed by atoms with Crippen LogP contribution in [0.2, 0.25) is 0 Å². The maximum Gasteiger partial charge on any atom is 0.286 e. The highest BCUT2D eigenvalue weighted by Gasteiger charge is 2.09. The molecule has 0 aliphatic rings. The van der Waals surface area contributed by atoms with Crippen molar-refractivity contribution in [1.82, 2.24) is 10.3 Å². The zero-order chi connectivity index (χ0) is 19.1. The second kappa shape index (κ2) is 8.72. The fourth-order valence-electron chi connectivity index (χ4n) is 1.96. The molecule has 0 bridgehead atoms. The molecular weight excluding hydrogens is 360 g/mol. The number of thiol groups is 1. The summed E-state index contributed by atoms with van der Waals surface area (Å²) in [6.45, 7) is -0.383. The molecule has 2 rings (SSSR count). The van der Waals surface area contributed by atoms with E-state index in [1.165, 1.54) is 30.6 Å². The van der Waals surface area contributed by atoms with Gasteiger partial charge in [-0.1, -0.05) is 12.1 Å². The van der Waals surface area contributed by atoms with Crippen molar-refractivity contribution in [3.63, 3.8) is 0 Å². The second-order valence-electron chi connectivity index (χ2n) is 5.17. The summed E-state index contributed by atoms with van der Waals surface area (Å²) in [4.78, 5) is 38.0. The molecule has 1 heterocycles.